The van der Waals surface area contributed by atoms with Crippen LogP contribution in [-0.2, 0) is 29.1 Å². The van der Waals surface area contributed by atoms with Crippen molar-refractivity contribution in [2.45, 2.75) is 88.4 Å². The molecule has 10 heteroatoms. The minimum atomic E-state index is -0.939. The van der Waals surface area contributed by atoms with Crippen LogP contribution >= 0.6 is 0 Å². The number of aromatic hydroxyl groups is 1. The summed E-state index contributed by atoms with van der Waals surface area (Å²) in [4.78, 5) is 59.7. The van der Waals surface area contributed by atoms with Crippen LogP contribution in [0.15, 0.2) is 84.9 Å². The molecule has 4 aromatic rings. The van der Waals surface area contributed by atoms with Crippen LogP contribution in [-0.4, -0.2) is 88.2 Å². The van der Waals surface area contributed by atoms with Gasteiger partial charge in [0.25, 0.3) is 11.8 Å². The molecule has 1 saturated carbocycles. The third-order valence-electron chi connectivity index (χ3n) is 14.2. The highest BCUT2D eigenvalue weighted by molar-refractivity contribution is 6.23. The molecule has 4 aromatic carbocycles. The Balaban J connectivity index is 0.716. The van der Waals surface area contributed by atoms with E-state index in [1.54, 1.807) is 0 Å². The maximum absolute atomic E-state index is 13.4. The van der Waals surface area contributed by atoms with Gasteiger partial charge in [-0.15, -0.1) is 0 Å². The summed E-state index contributed by atoms with van der Waals surface area (Å²) in [6.45, 7) is 6.89. The van der Waals surface area contributed by atoms with Crippen molar-refractivity contribution in [3.63, 3.8) is 0 Å². The predicted molar refractivity (Wildman–Crippen MR) is 221 cm³/mol. The van der Waals surface area contributed by atoms with Gasteiger partial charge < -0.3 is 10.0 Å². The van der Waals surface area contributed by atoms with Gasteiger partial charge in [0.05, 0.1) is 11.1 Å². The maximum Gasteiger partial charge on any atom is 0.262 e. The Labute approximate surface area is 339 Å². The number of hydrogen-bond donors (Lipinski definition) is 2. The number of aryl methyl sites for hydroxylation is 1. The van der Waals surface area contributed by atoms with Crippen molar-refractivity contribution in [1.29, 1.82) is 0 Å². The summed E-state index contributed by atoms with van der Waals surface area (Å²) in [7, 11) is 0. The molecule has 58 heavy (non-hydrogen) atoms. The Bertz CT molecular complexity index is 2210. The molecule has 298 valence electrons. The van der Waals surface area contributed by atoms with E-state index in [9.17, 15) is 24.3 Å². The van der Waals surface area contributed by atoms with Crippen molar-refractivity contribution in [1.82, 2.24) is 20.0 Å². The number of phenolic OH excluding ortho intramolecular Hbond substituents is 1. The number of imide groups is 2. The van der Waals surface area contributed by atoms with Gasteiger partial charge in [0.1, 0.15) is 11.8 Å². The van der Waals surface area contributed by atoms with E-state index in [1.807, 2.05) is 24.3 Å². The summed E-state index contributed by atoms with van der Waals surface area (Å²) in [5.41, 5.74) is 9.54. The van der Waals surface area contributed by atoms with E-state index in [0.29, 0.717) is 34.8 Å². The number of carbonyl (C=O) groups is 4. The molecule has 4 amide bonds. The first kappa shape index (κ1) is 37.0. The average molecular weight is 778 g/mol. The van der Waals surface area contributed by atoms with Crippen molar-refractivity contribution in [3.05, 3.63) is 129 Å². The lowest BCUT2D eigenvalue weighted by Gasteiger charge is -2.40. The maximum atomic E-state index is 13.4. The van der Waals surface area contributed by atoms with E-state index in [4.69, 9.17) is 0 Å². The Morgan fingerprint density at radius 1 is 0.655 bits per heavy atom. The summed E-state index contributed by atoms with van der Waals surface area (Å²) in [6, 6.07) is 29.5. The zero-order valence-corrected chi connectivity index (χ0v) is 32.9. The number of piperidine rings is 1. The van der Waals surface area contributed by atoms with Crippen molar-refractivity contribution in [2.24, 2.45) is 5.92 Å². The fraction of sp³-hybridized carbons (Fsp3) is 0.417. The number of rotatable bonds is 7. The van der Waals surface area contributed by atoms with Crippen LogP contribution in [0.4, 0.5) is 5.69 Å². The molecule has 2 aliphatic carbocycles. The lowest BCUT2D eigenvalue weighted by Crippen LogP contribution is -2.54. The molecule has 2 saturated heterocycles. The van der Waals surface area contributed by atoms with Gasteiger partial charge in [-0.25, -0.2) is 0 Å². The molecule has 0 radical (unpaired) electrons. The standard InChI is InChI=1S/C48H51N5O5/c54-38-15-17-40-33(24-38)10-16-39(31-4-2-1-3-5-31)45(40)32-8-13-36(14-9-32)51-22-20-50(21-23-51)27-30-6-11-37(12-7-30)52-28-34-25-41-42(26-35(34)29-52)48(58)53(47(41)57)43-18-19-44(55)49-46(43)56/h1-5,8-9,13-15,17,24-26,30,37,39,43,45,54H,6-7,10-12,16,18-23,27-29H2,(H,49,55,56)/t30?,37?,39-,43?,45+/m1/s1. The van der Waals surface area contributed by atoms with Gasteiger partial charge in [0, 0.05) is 69.9 Å². The number of fused-ring (bicyclic) bond motifs is 3. The van der Waals surface area contributed by atoms with E-state index < -0.39 is 23.8 Å². The lowest BCUT2D eigenvalue weighted by molar-refractivity contribution is -0.136. The molecule has 4 aliphatic heterocycles. The molecule has 1 unspecified atom stereocenters. The summed E-state index contributed by atoms with van der Waals surface area (Å²) in [5.74, 6) is -0.116. The molecule has 6 aliphatic rings. The number of amides is 4. The van der Waals surface area contributed by atoms with Crippen LogP contribution < -0.4 is 10.2 Å². The number of nitrogens with one attached hydrogen (secondary N) is 1. The first-order valence-corrected chi connectivity index (χ1v) is 21.3. The molecule has 0 aromatic heterocycles. The molecule has 3 fully saturated rings. The van der Waals surface area contributed by atoms with Crippen LogP contribution in [0.1, 0.15) is 111 Å². The highest BCUT2D eigenvalue weighted by Crippen LogP contribution is 2.47. The van der Waals surface area contributed by atoms with Gasteiger partial charge in [0.2, 0.25) is 11.8 Å². The molecule has 2 N–H and O–H groups in total. The van der Waals surface area contributed by atoms with Gasteiger partial charge in [-0.2, -0.15) is 0 Å². The highest BCUT2D eigenvalue weighted by Gasteiger charge is 2.46. The topological polar surface area (TPSA) is 114 Å². The number of piperazine rings is 1. The summed E-state index contributed by atoms with van der Waals surface area (Å²) in [5, 5.41) is 12.5. The van der Waals surface area contributed by atoms with Gasteiger partial charge in [-0.1, -0.05) is 48.5 Å². The largest absolute Gasteiger partial charge is 0.508 e. The smallest absolute Gasteiger partial charge is 0.262 e. The van der Waals surface area contributed by atoms with Crippen LogP contribution in [0.25, 0.3) is 0 Å². The Morgan fingerprint density at radius 2 is 1.34 bits per heavy atom. The first-order chi connectivity index (χ1) is 28.3. The van der Waals surface area contributed by atoms with Crippen LogP contribution in [0.2, 0.25) is 0 Å². The predicted octanol–water partition coefficient (Wildman–Crippen LogP) is 6.35. The second-order valence-electron chi connectivity index (χ2n) is 17.5. The minimum absolute atomic E-state index is 0.117. The van der Waals surface area contributed by atoms with E-state index in [2.05, 4.69) is 80.7 Å². The zero-order chi connectivity index (χ0) is 39.5. The Kier molecular flexibility index (Phi) is 9.64. The summed E-state index contributed by atoms with van der Waals surface area (Å²) in [6.07, 6.45) is 7.05. The molecule has 10 nitrogen and oxygen atoms in total. The van der Waals surface area contributed by atoms with E-state index in [-0.39, 0.29) is 24.7 Å². The number of anilines is 1. The number of carbonyl (C=O) groups excluding carboxylic acids is 4. The third-order valence-corrected chi connectivity index (χ3v) is 14.2. The van der Waals surface area contributed by atoms with Crippen molar-refractivity contribution < 1.29 is 24.3 Å². The second kappa shape index (κ2) is 15.1. The fourth-order valence-corrected chi connectivity index (χ4v) is 11.1. The van der Waals surface area contributed by atoms with Gasteiger partial charge in [-0.05, 0) is 127 Å². The molecule has 0 bridgehead atoms. The van der Waals surface area contributed by atoms with Crippen molar-refractivity contribution in [2.75, 3.05) is 37.6 Å². The van der Waals surface area contributed by atoms with Gasteiger partial charge in [-0.3, -0.25) is 39.2 Å². The number of hydrogen-bond acceptors (Lipinski definition) is 8. The lowest BCUT2D eigenvalue weighted by atomic mass is 9.69. The van der Waals surface area contributed by atoms with Gasteiger partial charge >= 0.3 is 0 Å². The summed E-state index contributed by atoms with van der Waals surface area (Å²) < 4.78 is 0. The van der Waals surface area contributed by atoms with Gasteiger partial charge in [0.15, 0.2) is 0 Å². The van der Waals surface area contributed by atoms with E-state index >= 15 is 0 Å². The molecule has 4 heterocycles. The molecule has 10 rings (SSSR count). The minimum Gasteiger partial charge on any atom is -0.508 e. The second-order valence-corrected chi connectivity index (χ2v) is 17.5. The Morgan fingerprint density at radius 3 is 2.02 bits per heavy atom. The van der Waals surface area contributed by atoms with Crippen LogP contribution in [0.5, 0.6) is 5.75 Å². The van der Waals surface area contributed by atoms with Crippen molar-refractivity contribution >= 4 is 29.3 Å². The van der Waals surface area contributed by atoms with Crippen LogP contribution in [0.3, 0.4) is 0 Å². The average Bonchev–Trinajstić information content (AvgIpc) is 3.77. The molecular weight excluding hydrogens is 727 g/mol. The van der Waals surface area contributed by atoms with E-state index in [0.717, 1.165) is 87.5 Å². The van der Waals surface area contributed by atoms with Crippen LogP contribution in [0, 0.1) is 5.92 Å². The Hall–Kier alpha value is -5.32. The number of benzene rings is 4. The quantitative estimate of drug-likeness (QED) is 0.209. The van der Waals surface area contributed by atoms with Crippen molar-refractivity contribution in [3.8, 4) is 5.75 Å². The SMILES string of the molecule is O=C1CCC(N2C(=O)c3cc4c(cc3C2=O)CN(C2CCC(CN3CCN(c5ccc([C@@H]6c7ccc(O)cc7CC[C@@H]6c6ccccc6)cc5)CC3)CC2)C4)C(=O)N1. The fourth-order valence-electron chi connectivity index (χ4n) is 11.1. The molecule has 0 spiro atoms. The van der Waals surface area contributed by atoms with E-state index in [1.165, 1.54) is 40.8 Å². The monoisotopic (exact) mass is 777 g/mol. The molecule has 3 atom stereocenters. The number of nitrogens with zero attached hydrogens (tertiary/aromatic N) is 4. The highest BCUT2D eigenvalue weighted by atomic mass is 16.3. The number of phenols is 1. The third kappa shape index (κ3) is 6.79. The first-order valence-electron chi connectivity index (χ1n) is 21.3. The summed E-state index contributed by atoms with van der Waals surface area (Å²) >= 11 is 0. The zero-order valence-electron chi connectivity index (χ0n) is 32.9. The normalized spacial score (nSPS) is 26.4. The molecular formula is C48H51N5O5.